The van der Waals surface area contributed by atoms with Crippen LogP contribution in [0.1, 0.15) is 26.2 Å². The van der Waals surface area contributed by atoms with Gasteiger partial charge in [-0.3, -0.25) is 4.79 Å². The second kappa shape index (κ2) is 6.30. The van der Waals surface area contributed by atoms with E-state index in [0.717, 1.165) is 7.11 Å². The highest BCUT2D eigenvalue weighted by molar-refractivity contribution is 7.89. The van der Waals surface area contributed by atoms with Crippen LogP contribution in [-0.4, -0.2) is 50.3 Å². The number of halogens is 3. The first-order valence-electron chi connectivity index (χ1n) is 6.27. The molecule has 2 unspecified atom stereocenters. The lowest BCUT2D eigenvalue weighted by Crippen LogP contribution is -2.46. The fourth-order valence-corrected chi connectivity index (χ4v) is 4.67. The molecule has 1 aliphatic rings. The molecule has 1 rings (SSSR count). The average Bonchev–Trinajstić information content (AvgIpc) is 2.83. The maximum absolute atomic E-state index is 12.4. The van der Waals surface area contributed by atoms with E-state index in [1.54, 1.807) is 0 Å². The highest BCUT2D eigenvalue weighted by Crippen LogP contribution is 2.34. The molecule has 0 saturated heterocycles. The summed E-state index contributed by atoms with van der Waals surface area (Å²) in [5.41, 5.74) is 0. The van der Waals surface area contributed by atoms with Crippen LogP contribution in [0.25, 0.3) is 0 Å². The first-order chi connectivity index (χ1) is 9.13. The minimum Gasteiger partial charge on any atom is -0.469 e. The zero-order chi connectivity index (χ0) is 15.6. The smallest absolute Gasteiger partial charge is 0.402 e. The van der Waals surface area contributed by atoms with Gasteiger partial charge in [0.25, 0.3) is 0 Å². The topological polar surface area (TPSA) is 63.7 Å². The van der Waals surface area contributed by atoms with Crippen LogP contribution in [0.15, 0.2) is 0 Å². The minimum atomic E-state index is -4.61. The summed E-state index contributed by atoms with van der Waals surface area (Å²) in [5.74, 6) is -1.56. The quantitative estimate of drug-likeness (QED) is 0.722. The Labute approximate surface area is 116 Å². The highest BCUT2D eigenvalue weighted by atomic mass is 32.2. The van der Waals surface area contributed by atoms with Crippen LogP contribution in [0.2, 0.25) is 0 Å². The summed E-state index contributed by atoms with van der Waals surface area (Å²) in [6.07, 6.45) is -3.63. The molecule has 9 heteroatoms. The summed E-state index contributed by atoms with van der Waals surface area (Å²) in [4.78, 5) is 11.5. The number of carbonyl (C=O) groups is 1. The van der Waals surface area contributed by atoms with Gasteiger partial charge in [-0.25, -0.2) is 8.42 Å². The number of methoxy groups -OCH3 is 1. The summed E-state index contributed by atoms with van der Waals surface area (Å²) < 4.78 is 66.8. The molecule has 118 valence electrons. The van der Waals surface area contributed by atoms with Gasteiger partial charge in [-0.2, -0.15) is 17.5 Å². The van der Waals surface area contributed by atoms with Gasteiger partial charge in [0.15, 0.2) is 0 Å². The molecular formula is C11H18F3NO4S. The Morgan fingerprint density at radius 2 is 1.95 bits per heavy atom. The maximum atomic E-state index is 12.4. The molecule has 0 aromatic carbocycles. The lowest BCUT2D eigenvalue weighted by atomic mass is 10.1. The van der Waals surface area contributed by atoms with E-state index in [9.17, 15) is 26.4 Å². The molecule has 1 saturated carbocycles. The van der Waals surface area contributed by atoms with Gasteiger partial charge >= 0.3 is 12.1 Å². The molecule has 0 bridgehead atoms. The zero-order valence-corrected chi connectivity index (χ0v) is 12.1. The van der Waals surface area contributed by atoms with Crippen LogP contribution in [0.3, 0.4) is 0 Å². The number of hydrogen-bond donors (Lipinski definition) is 0. The van der Waals surface area contributed by atoms with Crippen molar-refractivity contribution in [2.24, 2.45) is 5.92 Å². The Kier molecular flexibility index (Phi) is 5.42. The van der Waals surface area contributed by atoms with Crippen LogP contribution in [0.5, 0.6) is 0 Å². The Bertz CT molecular complexity index is 449. The number of carbonyl (C=O) groups excluding carboxylic acids is 1. The Morgan fingerprint density at radius 3 is 2.40 bits per heavy atom. The third-order valence-electron chi connectivity index (χ3n) is 3.41. The van der Waals surface area contributed by atoms with Gasteiger partial charge in [0.2, 0.25) is 10.0 Å². The van der Waals surface area contributed by atoms with E-state index < -0.39 is 39.9 Å². The third kappa shape index (κ3) is 3.85. The molecule has 0 aliphatic heterocycles. The van der Waals surface area contributed by atoms with E-state index in [1.165, 1.54) is 6.92 Å². The summed E-state index contributed by atoms with van der Waals surface area (Å²) >= 11 is 0. The first kappa shape index (κ1) is 17.2. The predicted octanol–water partition coefficient (Wildman–Crippen LogP) is 1.54. The molecule has 0 N–H and O–H groups in total. The molecule has 0 spiro atoms. The molecule has 20 heavy (non-hydrogen) atoms. The average molecular weight is 317 g/mol. The third-order valence-corrected chi connectivity index (χ3v) is 5.84. The summed E-state index contributed by atoms with van der Waals surface area (Å²) in [5, 5.41) is -1.13. The van der Waals surface area contributed by atoms with Gasteiger partial charge in [0, 0.05) is 6.54 Å². The van der Waals surface area contributed by atoms with E-state index in [0.29, 0.717) is 17.1 Å². The number of ether oxygens (including phenoxy) is 1. The molecule has 0 radical (unpaired) electrons. The second-order valence-electron chi connectivity index (χ2n) is 4.69. The molecule has 0 amide bonds. The van der Waals surface area contributed by atoms with E-state index >= 15 is 0 Å². The fourth-order valence-electron chi connectivity index (χ4n) is 2.48. The van der Waals surface area contributed by atoms with Crippen LogP contribution in [0.4, 0.5) is 13.2 Å². The standard InChI is InChI=1S/C11H18F3NO4S/c1-3-15(7-11(12,13)14)20(17,18)9-6-4-5-8(9)10(16)19-2/h8-9H,3-7H2,1-2H3. The summed E-state index contributed by atoms with van der Waals surface area (Å²) in [6.45, 7) is -0.478. The van der Waals surface area contributed by atoms with Crippen LogP contribution >= 0.6 is 0 Å². The van der Waals surface area contributed by atoms with Crippen LogP contribution in [0, 0.1) is 5.92 Å². The van der Waals surface area contributed by atoms with Gasteiger partial charge in [-0.05, 0) is 12.8 Å². The van der Waals surface area contributed by atoms with Crippen molar-refractivity contribution in [3.05, 3.63) is 0 Å². The number of nitrogens with zero attached hydrogens (tertiary/aromatic N) is 1. The second-order valence-corrected chi connectivity index (χ2v) is 6.84. The van der Waals surface area contributed by atoms with E-state index in [2.05, 4.69) is 4.74 Å². The van der Waals surface area contributed by atoms with Crippen LogP contribution < -0.4 is 0 Å². The number of hydrogen-bond acceptors (Lipinski definition) is 4. The molecule has 0 aromatic heterocycles. The highest BCUT2D eigenvalue weighted by Gasteiger charge is 2.46. The normalized spacial score (nSPS) is 24.1. The Balaban J connectivity index is 2.98. The van der Waals surface area contributed by atoms with Crippen molar-refractivity contribution in [1.82, 2.24) is 4.31 Å². The number of sulfonamides is 1. The lowest BCUT2D eigenvalue weighted by molar-refractivity contribution is -0.145. The summed E-state index contributed by atoms with van der Waals surface area (Å²) in [6, 6.07) is 0. The van der Waals surface area contributed by atoms with E-state index in [1.807, 2.05) is 0 Å². The molecule has 0 aromatic rings. The number of esters is 1. The van der Waals surface area contributed by atoms with Crippen molar-refractivity contribution < 1.29 is 31.1 Å². The fraction of sp³-hybridized carbons (Fsp3) is 0.909. The van der Waals surface area contributed by atoms with Gasteiger partial charge < -0.3 is 4.74 Å². The van der Waals surface area contributed by atoms with Crippen molar-refractivity contribution >= 4 is 16.0 Å². The maximum Gasteiger partial charge on any atom is 0.402 e. The van der Waals surface area contributed by atoms with Gasteiger partial charge in [0.05, 0.1) is 18.3 Å². The lowest BCUT2D eigenvalue weighted by Gasteiger charge is -2.27. The molecule has 5 nitrogen and oxygen atoms in total. The van der Waals surface area contributed by atoms with Crippen molar-refractivity contribution in [1.29, 1.82) is 0 Å². The SMILES string of the molecule is CCN(CC(F)(F)F)S(=O)(=O)C1CCCC1C(=O)OC. The monoisotopic (exact) mass is 317 g/mol. The minimum absolute atomic E-state index is 0.177. The molecule has 1 fully saturated rings. The van der Waals surface area contributed by atoms with E-state index in [4.69, 9.17) is 0 Å². The van der Waals surface area contributed by atoms with Gasteiger partial charge in [-0.1, -0.05) is 13.3 Å². The van der Waals surface area contributed by atoms with Crippen LogP contribution in [-0.2, 0) is 19.6 Å². The number of alkyl halides is 3. The van der Waals surface area contributed by atoms with Crippen molar-refractivity contribution in [2.45, 2.75) is 37.6 Å². The largest absolute Gasteiger partial charge is 0.469 e. The Hall–Kier alpha value is -0.830. The van der Waals surface area contributed by atoms with Gasteiger partial charge in [0.1, 0.15) is 6.54 Å². The van der Waals surface area contributed by atoms with Crippen molar-refractivity contribution in [3.8, 4) is 0 Å². The van der Waals surface area contributed by atoms with Crippen molar-refractivity contribution in [3.63, 3.8) is 0 Å². The van der Waals surface area contributed by atoms with Crippen molar-refractivity contribution in [2.75, 3.05) is 20.2 Å². The number of rotatable bonds is 5. The van der Waals surface area contributed by atoms with E-state index in [-0.39, 0.29) is 13.0 Å². The Morgan fingerprint density at radius 1 is 1.35 bits per heavy atom. The summed E-state index contributed by atoms with van der Waals surface area (Å²) in [7, 11) is -3.04. The molecule has 0 heterocycles. The molecule has 2 atom stereocenters. The van der Waals surface area contributed by atoms with Gasteiger partial charge in [-0.15, -0.1) is 0 Å². The molecular weight excluding hydrogens is 299 g/mol. The first-order valence-corrected chi connectivity index (χ1v) is 7.77. The molecule has 1 aliphatic carbocycles. The predicted molar refractivity (Wildman–Crippen MR) is 65.4 cm³/mol. The zero-order valence-electron chi connectivity index (χ0n) is 11.3.